The van der Waals surface area contributed by atoms with E-state index in [0.717, 1.165) is 29.8 Å². The van der Waals surface area contributed by atoms with E-state index in [1.807, 2.05) is 35.2 Å². The fourth-order valence-corrected chi connectivity index (χ4v) is 2.41. The smallest absolute Gasteiger partial charge is 0.320 e. The minimum Gasteiger partial charge on any atom is -0.480 e. The van der Waals surface area contributed by atoms with Gasteiger partial charge in [0.05, 0.1) is 11.9 Å². The number of H-pyrrole nitrogens is 1. The Kier molecular flexibility index (Phi) is 3.05. The molecule has 19 heavy (non-hydrogen) atoms. The number of likely N-dealkylation sites (tertiary alicyclic amines) is 1. The van der Waals surface area contributed by atoms with Crippen molar-refractivity contribution in [3.63, 3.8) is 0 Å². The molecule has 0 radical (unpaired) electrons. The number of nitrogens with zero attached hydrogens (tertiary/aromatic N) is 2. The predicted octanol–water partition coefficient (Wildman–Crippen LogP) is 1.74. The lowest BCUT2D eigenvalue weighted by atomic mass is 10.0. The van der Waals surface area contributed by atoms with Crippen LogP contribution in [0.5, 0.6) is 0 Å². The molecule has 0 saturated carbocycles. The average Bonchev–Trinajstić information content (AvgIpc) is 2.83. The van der Waals surface area contributed by atoms with Gasteiger partial charge in [0.2, 0.25) is 0 Å². The largest absolute Gasteiger partial charge is 0.480 e. The molecule has 1 saturated heterocycles. The van der Waals surface area contributed by atoms with Crippen LogP contribution in [-0.2, 0) is 11.3 Å². The van der Waals surface area contributed by atoms with Gasteiger partial charge in [0.1, 0.15) is 6.04 Å². The van der Waals surface area contributed by atoms with Gasteiger partial charge in [-0.3, -0.25) is 14.8 Å². The summed E-state index contributed by atoms with van der Waals surface area (Å²) in [6.07, 6.45) is 2.51. The fraction of sp³-hybridized carbons (Fsp3) is 0.286. The van der Waals surface area contributed by atoms with Crippen molar-refractivity contribution in [3.05, 3.63) is 42.1 Å². The zero-order valence-electron chi connectivity index (χ0n) is 10.4. The van der Waals surface area contributed by atoms with Crippen molar-refractivity contribution >= 4 is 5.97 Å². The molecule has 2 aromatic rings. The summed E-state index contributed by atoms with van der Waals surface area (Å²) in [6, 6.07) is 9.60. The third kappa shape index (κ3) is 2.24. The lowest BCUT2D eigenvalue weighted by molar-refractivity contribution is -0.148. The molecule has 5 nitrogen and oxygen atoms in total. The molecule has 2 heterocycles. The molecule has 0 bridgehead atoms. The third-order valence-electron chi connectivity index (χ3n) is 3.57. The Morgan fingerprint density at radius 1 is 1.42 bits per heavy atom. The van der Waals surface area contributed by atoms with Crippen molar-refractivity contribution in [1.29, 1.82) is 0 Å². The number of carbonyl (C=O) groups is 1. The van der Waals surface area contributed by atoms with Gasteiger partial charge < -0.3 is 5.11 Å². The molecule has 1 aliphatic heterocycles. The first-order chi connectivity index (χ1) is 9.25. The second kappa shape index (κ2) is 4.85. The van der Waals surface area contributed by atoms with Crippen LogP contribution in [0.4, 0.5) is 0 Å². The van der Waals surface area contributed by atoms with Gasteiger partial charge in [-0.1, -0.05) is 30.3 Å². The van der Waals surface area contributed by atoms with Crippen molar-refractivity contribution in [2.45, 2.75) is 19.0 Å². The monoisotopic (exact) mass is 257 g/mol. The number of hydrogen-bond acceptors (Lipinski definition) is 3. The summed E-state index contributed by atoms with van der Waals surface area (Å²) < 4.78 is 0. The van der Waals surface area contributed by atoms with E-state index in [4.69, 9.17) is 5.11 Å². The molecule has 0 unspecified atom stereocenters. The highest BCUT2D eigenvalue weighted by Crippen LogP contribution is 2.26. The van der Waals surface area contributed by atoms with E-state index in [2.05, 4.69) is 10.2 Å². The maximum Gasteiger partial charge on any atom is 0.320 e. The number of rotatable bonds is 4. The molecule has 1 aromatic heterocycles. The Hall–Kier alpha value is -2.14. The molecule has 1 fully saturated rings. The summed E-state index contributed by atoms with van der Waals surface area (Å²) in [5.41, 5.74) is 3.08. The number of carboxylic acids is 1. The van der Waals surface area contributed by atoms with E-state index in [1.54, 1.807) is 6.20 Å². The van der Waals surface area contributed by atoms with E-state index >= 15 is 0 Å². The van der Waals surface area contributed by atoms with Crippen LogP contribution in [0.3, 0.4) is 0 Å². The zero-order valence-corrected chi connectivity index (χ0v) is 10.4. The predicted molar refractivity (Wildman–Crippen MR) is 70.5 cm³/mol. The van der Waals surface area contributed by atoms with E-state index in [-0.39, 0.29) is 6.04 Å². The molecular formula is C14H15N3O2. The molecular weight excluding hydrogens is 242 g/mol. The van der Waals surface area contributed by atoms with Gasteiger partial charge in [-0.2, -0.15) is 5.10 Å². The van der Waals surface area contributed by atoms with Gasteiger partial charge in [-0.15, -0.1) is 0 Å². The quantitative estimate of drug-likeness (QED) is 0.875. The molecule has 0 aliphatic carbocycles. The number of aliphatic carboxylic acids is 1. The Labute approximate surface area is 110 Å². The first-order valence-electron chi connectivity index (χ1n) is 6.30. The van der Waals surface area contributed by atoms with Crippen LogP contribution in [-0.4, -0.2) is 38.8 Å². The van der Waals surface area contributed by atoms with Gasteiger partial charge in [0.15, 0.2) is 0 Å². The Morgan fingerprint density at radius 2 is 2.21 bits per heavy atom. The molecule has 1 aliphatic rings. The standard InChI is InChI=1S/C14H15N3O2/c18-14(19)12-6-7-17(12)9-11-8-15-16-13(11)10-4-2-1-3-5-10/h1-5,8,12H,6-7,9H2,(H,15,16)(H,18,19)/t12-/m1/s1. The first-order valence-corrected chi connectivity index (χ1v) is 6.30. The van der Waals surface area contributed by atoms with Crippen LogP contribution in [0.25, 0.3) is 11.3 Å². The maximum absolute atomic E-state index is 11.0. The van der Waals surface area contributed by atoms with Crippen molar-refractivity contribution in [1.82, 2.24) is 15.1 Å². The third-order valence-corrected chi connectivity index (χ3v) is 3.57. The highest BCUT2D eigenvalue weighted by Gasteiger charge is 2.34. The molecule has 0 amide bonds. The van der Waals surface area contributed by atoms with Gasteiger partial charge in [0, 0.05) is 18.7 Å². The highest BCUT2D eigenvalue weighted by atomic mass is 16.4. The van der Waals surface area contributed by atoms with E-state index in [0.29, 0.717) is 6.54 Å². The van der Waals surface area contributed by atoms with E-state index < -0.39 is 5.97 Å². The topological polar surface area (TPSA) is 69.2 Å². The second-order valence-corrected chi connectivity index (χ2v) is 4.75. The van der Waals surface area contributed by atoms with Crippen LogP contribution in [0.2, 0.25) is 0 Å². The molecule has 3 rings (SSSR count). The second-order valence-electron chi connectivity index (χ2n) is 4.75. The Morgan fingerprint density at radius 3 is 2.84 bits per heavy atom. The van der Waals surface area contributed by atoms with Crippen molar-refractivity contribution < 1.29 is 9.90 Å². The molecule has 98 valence electrons. The summed E-state index contributed by atoms with van der Waals surface area (Å²) in [7, 11) is 0. The van der Waals surface area contributed by atoms with Gasteiger partial charge >= 0.3 is 5.97 Å². The average molecular weight is 257 g/mol. The molecule has 1 aromatic carbocycles. The molecule has 1 atom stereocenters. The number of hydrogen-bond donors (Lipinski definition) is 2. The normalized spacial score (nSPS) is 19.1. The van der Waals surface area contributed by atoms with Gasteiger partial charge in [-0.05, 0) is 12.0 Å². The Balaban J connectivity index is 1.80. The van der Waals surface area contributed by atoms with Crippen LogP contribution >= 0.6 is 0 Å². The molecule has 0 spiro atoms. The van der Waals surface area contributed by atoms with Crippen LogP contribution in [0.1, 0.15) is 12.0 Å². The van der Waals surface area contributed by atoms with Crippen molar-refractivity contribution in [2.24, 2.45) is 0 Å². The number of aromatic amines is 1. The molecule has 5 heteroatoms. The summed E-state index contributed by atoms with van der Waals surface area (Å²) >= 11 is 0. The molecule has 2 N–H and O–H groups in total. The lowest BCUT2D eigenvalue weighted by Gasteiger charge is -2.37. The minimum atomic E-state index is -0.740. The van der Waals surface area contributed by atoms with Crippen molar-refractivity contribution in [2.75, 3.05) is 6.54 Å². The van der Waals surface area contributed by atoms with Crippen LogP contribution in [0.15, 0.2) is 36.5 Å². The number of benzene rings is 1. The fourth-order valence-electron chi connectivity index (χ4n) is 2.41. The van der Waals surface area contributed by atoms with Crippen LogP contribution in [0, 0.1) is 0 Å². The summed E-state index contributed by atoms with van der Waals surface area (Å²) in [6.45, 7) is 1.45. The zero-order chi connectivity index (χ0) is 13.2. The highest BCUT2D eigenvalue weighted by molar-refractivity contribution is 5.74. The van der Waals surface area contributed by atoms with Crippen LogP contribution < -0.4 is 0 Å². The maximum atomic E-state index is 11.0. The summed E-state index contributed by atoms with van der Waals surface area (Å²) in [5.74, 6) is -0.740. The van der Waals surface area contributed by atoms with Crippen molar-refractivity contribution in [3.8, 4) is 11.3 Å². The van der Waals surface area contributed by atoms with Gasteiger partial charge in [0.25, 0.3) is 0 Å². The van der Waals surface area contributed by atoms with E-state index in [1.165, 1.54) is 0 Å². The number of carboxylic acid groups (broad SMARTS) is 1. The van der Waals surface area contributed by atoms with Gasteiger partial charge in [-0.25, -0.2) is 0 Å². The first kappa shape index (κ1) is 11.9. The Bertz CT molecular complexity index is 579. The lowest BCUT2D eigenvalue weighted by Crippen LogP contribution is -2.51. The van der Waals surface area contributed by atoms with E-state index in [9.17, 15) is 4.79 Å². The number of aromatic nitrogens is 2. The SMILES string of the molecule is O=C(O)[C@H]1CCN1Cc1cn[nH]c1-c1ccccc1. The minimum absolute atomic E-state index is 0.349. The number of nitrogens with one attached hydrogen (secondary N) is 1. The summed E-state index contributed by atoms with van der Waals surface area (Å²) in [4.78, 5) is 13.0. The summed E-state index contributed by atoms with van der Waals surface area (Å²) in [5, 5.41) is 16.1.